The van der Waals surface area contributed by atoms with Gasteiger partial charge in [0.25, 0.3) is 0 Å². The maximum absolute atomic E-state index is 11.8. The Morgan fingerprint density at radius 1 is 1.06 bits per heavy atom. The summed E-state index contributed by atoms with van der Waals surface area (Å²) in [6.07, 6.45) is 0.501. The van der Waals surface area contributed by atoms with E-state index in [1.54, 1.807) is 13.2 Å². The standard InChI is InChI=1S/C16H16O2/c1-3-16(17)14-9-13(10-15(11-14)18-2)12-7-5-4-6-8-12/h4-11H,3H2,1-2H3. The number of hydrogen-bond donors (Lipinski definition) is 0. The van der Waals surface area contributed by atoms with Crippen molar-refractivity contribution in [1.29, 1.82) is 0 Å². The number of methoxy groups -OCH3 is 1. The van der Waals surface area contributed by atoms with Gasteiger partial charge in [0.1, 0.15) is 5.75 Å². The van der Waals surface area contributed by atoms with Gasteiger partial charge in [-0.15, -0.1) is 0 Å². The number of ether oxygens (including phenoxy) is 1. The minimum absolute atomic E-state index is 0.131. The Kier molecular flexibility index (Phi) is 3.78. The summed E-state index contributed by atoms with van der Waals surface area (Å²) in [6.45, 7) is 1.87. The normalized spacial score (nSPS) is 10.1. The number of carbonyl (C=O) groups is 1. The van der Waals surface area contributed by atoms with Crippen LogP contribution in [0.5, 0.6) is 5.75 Å². The maximum atomic E-state index is 11.8. The highest BCUT2D eigenvalue weighted by atomic mass is 16.5. The Hall–Kier alpha value is -2.09. The molecule has 0 unspecified atom stereocenters. The van der Waals surface area contributed by atoms with Crippen LogP contribution in [0.1, 0.15) is 23.7 Å². The summed E-state index contributed by atoms with van der Waals surface area (Å²) in [5.41, 5.74) is 2.80. The van der Waals surface area contributed by atoms with E-state index >= 15 is 0 Å². The monoisotopic (exact) mass is 240 g/mol. The van der Waals surface area contributed by atoms with Gasteiger partial charge in [-0.1, -0.05) is 37.3 Å². The van der Waals surface area contributed by atoms with Crippen molar-refractivity contribution in [2.75, 3.05) is 7.11 Å². The molecular formula is C16H16O2. The molecule has 0 aliphatic heterocycles. The summed E-state index contributed by atoms with van der Waals surface area (Å²) in [6, 6.07) is 15.6. The number of hydrogen-bond acceptors (Lipinski definition) is 2. The van der Waals surface area contributed by atoms with Gasteiger partial charge >= 0.3 is 0 Å². The van der Waals surface area contributed by atoms with Crippen molar-refractivity contribution in [3.63, 3.8) is 0 Å². The van der Waals surface area contributed by atoms with Crippen molar-refractivity contribution in [2.45, 2.75) is 13.3 Å². The third-order valence-corrected chi connectivity index (χ3v) is 2.89. The smallest absolute Gasteiger partial charge is 0.162 e. The molecule has 2 aromatic carbocycles. The van der Waals surface area contributed by atoms with E-state index in [1.165, 1.54) is 0 Å². The van der Waals surface area contributed by atoms with E-state index in [-0.39, 0.29) is 5.78 Å². The molecule has 0 aliphatic carbocycles. The fourth-order valence-electron chi connectivity index (χ4n) is 1.88. The Balaban J connectivity index is 2.51. The maximum Gasteiger partial charge on any atom is 0.162 e. The van der Waals surface area contributed by atoms with E-state index in [1.807, 2.05) is 49.4 Å². The first-order valence-corrected chi connectivity index (χ1v) is 6.02. The molecule has 0 saturated heterocycles. The van der Waals surface area contributed by atoms with Crippen LogP contribution in [-0.4, -0.2) is 12.9 Å². The molecule has 2 rings (SSSR count). The van der Waals surface area contributed by atoms with E-state index in [0.29, 0.717) is 17.7 Å². The second kappa shape index (κ2) is 5.50. The van der Waals surface area contributed by atoms with Gasteiger partial charge in [0.2, 0.25) is 0 Å². The number of carbonyl (C=O) groups excluding carboxylic acids is 1. The molecule has 0 heterocycles. The van der Waals surface area contributed by atoms with Gasteiger partial charge in [0.15, 0.2) is 5.78 Å². The zero-order chi connectivity index (χ0) is 13.0. The Bertz CT molecular complexity index is 544. The van der Waals surface area contributed by atoms with E-state index < -0.39 is 0 Å². The van der Waals surface area contributed by atoms with Crippen LogP contribution in [0, 0.1) is 0 Å². The molecule has 0 radical (unpaired) electrons. The fraction of sp³-hybridized carbons (Fsp3) is 0.188. The van der Waals surface area contributed by atoms with Gasteiger partial charge in [-0.2, -0.15) is 0 Å². The second-order valence-corrected chi connectivity index (χ2v) is 4.09. The number of rotatable bonds is 4. The summed E-state index contributed by atoms with van der Waals surface area (Å²) in [5.74, 6) is 0.847. The predicted octanol–water partition coefficient (Wildman–Crippen LogP) is 3.95. The zero-order valence-corrected chi connectivity index (χ0v) is 10.6. The highest BCUT2D eigenvalue weighted by molar-refractivity contribution is 5.97. The zero-order valence-electron chi connectivity index (χ0n) is 10.6. The molecule has 0 atom stereocenters. The number of ketones is 1. The highest BCUT2D eigenvalue weighted by Crippen LogP contribution is 2.26. The molecule has 0 amide bonds. The Morgan fingerprint density at radius 3 is 2.39 bits per heavy atom. The SMILES string of the molecule is CCC(=O)c1cc(OC)cc(-c2ccccc2)c1. The summed E-state index contributed by atoms with van der Waals surface area (Å²) in [4.78, 5) is 11.8. The van der Waals surface area contributed by atoms with E-state index in [0.717, 1.165) is 11.1 Å². The highest BCUT2D eigenvalue weighted by Gasteiger charge is 2.08. The van der Waals surface area contributed by atoms with Crippen LogP contribution < -0.4 is 4.74 Å². The molecular weight excluding hydrogens is 224 g/mol. The summed E-state index contributed by atoms with van der Waals surface area (Å²) >= 11 is 0. The van der Waals surface area contributed by atoms with Crippen molar-refractivity contribution >= 4 is 5.78 Å². The van der Waals surface area contributed by atoms with Gasteiger partial charge in [0, 0.05) is 12.0 Å². The predicted molar refractivity (Wildman–Crippen MR) is 73.1 cm³/mol. The number of benzene rings is 2. The van der Waals surface area contributed by atoms with Crippen LogP contribution in [0.15, 0.2) is 48.5 Å². The van der Waals surface area contributed by atoms with Gasteiger partial charge in [-0.05, 0) is 29.3 Å². The number of Topliss-reactive ketones (excluding diaryl/α,β-unsaturated/α-hetero) is 1. The minimum atomic E-state index is 0.131. The lowest BCUT2D eigenvalue weighted by molar-refractivity contribution is 0.0988. The van der Waals surface area contributed by atoms with Gasteiger partial charge in [-0.25, -0.2) is 0 Å². The minimum Gasteiger partial charge on any atom is -0.497 e. The average Bonchev–Trinajstić information content (AvgIpc) is 2.46. The summed E-state index contributed by atoms with van der Waals surface area (Å²) in [7, 11) is 1.62. The Morgan fingerprint density at radius 2 is 1.78 bits per heavy atom. The molecule has 2 heteroatoms. The molecule has 2 nitrogen and oxygen atoms in total. The van der Waals surface area contributed by atoms with Crippen molar-refractivity contribution < 1.29 is 9.53 Å². The topological polar surface area (TPSA) is 26.3 Å². The summed E-state index contributed by atoms with van der Waals surface area (Å²) in [5, 5.41) is 0. The average molecular weight is 240 g/mol. The molecule has 0 aromatic heterocycles. The first-order valence-electron chi connectivity index (χ1n) is 6.02. The van der Waals surface area contributed by atoms with Crippen molar-refractivity contribution in [2.24, 2.45) is 0 Å². The Labute approximate surface area is 107 Å². The van der Waals surface area contributed by atoms with Crippen LogP contribution in [0.25, 0.3) is 11.1 Å². The molecule has 92 valence electrons. The van der Waals surface area contributed by atoms with Crippen LogP contribution >= 0.6 is 0 Å². The van der Waals surface area contributed by atoms with Crippen molar-refractivity contribution in [3.05, 3.63) is 54.1 Å². The second-order valence-electron chi connectivity index (χ2n) is 4.09. The fourth-order valence-corrected chi connectivity index (χ4v) is 1.88. The molecule has 0 saturated carbocycles. The quantitative estimate of drug-likeness (QED) is 0.756. The third kappa shape index (κ3) is 2.59. The van der Waals surface area contributed by atoms with Crippen LogP contribution in [-0.2, 0) is 0 Å². The van der Waals surface area contributed by atoms with Crippen molar-refractivity contribution in [1.82, 2.24) is 0 Å². The molecule has 0 fully saturated rings. The van der Waals surface area contributed by atoms with E-state index in [4.69, 9.17) is 4.74 Å². The molecule has 0 spiro atoms. The van der Waals surface area contributed by atoms with Crippen molar-refractivity contribution in [3.8, 4) is 16.9 Å². The van der Waals surface area contributed by atoms with E-state index in [9.17, 15) is 4.79 Å². The molecule has 2 aromatic rings. The van der Waals surface area contributed by atoms with Gasteiger partial charge in [-0.3, -0.25) is 4.79 Å². The lowest BCUT2D eigenvalue weighted by Crippen LogP contribution is -1.98. The first kappa shape index (κ1) is 12.4. The molecule has 0 N–H and O–H groups in total. The van der Waals surface area contributed by atoms with Crippen LogP contribution in [0.2, 0.25) is 0 Å². The largest absolute Gasteiger partial charge is 0.497 e. The third-order valence-electron chi connectivity index (χ3n) is 2.89. The van der Waals surface area contributed by atoms with Gasteiger partial charge in [0.05, 0.1) is 7.11 Å². The molecule has 0 bridgehead atoms. The van der Waals surface area contributed by atoms with Crippen LogP contribution in [0.3, 0.4) is 0 Å². The lowest BCUT2D eigenvalue weighted by atomic mass is 10.00. The van der Waals surface area contributed by atoms with E-state index in [2.05, 4.69) is 0 Å². The van der Waals surface area contributed by atoms with Crippen LogP contribution in [0.4, 0.5) is 0 Å². The summed E-state index contributed by atoms with van der Waals surface area (Å²) < 4.78 is 5.26. The first-order chi connectivity index (χ1) is 8.74. The lowest BCUT2D eigenvalue weighted by Gasteiger charge is -2.08. The van der Waals surface area contributed by atoms with Gasteiger partial charge < -0.3 is 4.74 Å². The molecule has 18 heavy (non-hydrogen) atoms. The molecule has 0 aliphatic rings.